The van der Waals surface area contributed by atoms with Crippen molar-refractivity contribution in [2.75, 3.05) is 0 Å². The predicted molar refractivity (Wildman–Crippen MR) is 39.3 cm³/mol. The second-order valence-electron chi connectivity index (χ2n) is 2.18. The molecule has 2 nitrogen and oxygen atoms in total. The van der Waals surface area contributed by atoms with Gasteiger partial charge in [0.2, 0.25) is 0 Å². The van der Waals surface area contributed by atoms with E-state index < -0.39 is 0 Å². The van der Waals surface area contributed by atoms with Gasteiger partial charge in [-0.15, -0.1) is 0 Å². The van der Waals surface area contributed by atoms with Crippen molar-refractivity contribution >= 4 is 11.8 Å². The molecule has 48 valence electrons. The van der Waals surface area contributed by atoms with Gasteiger partial charge >= 0.3 is 0 Å². The fourth-order valence-electron chi connectivity index (χ4n) is 1.00. The summed E-state index contributed by atoms with van der Waals surface area (Å²) in [5, 5.41) is 5.40. The van der Waals surface area contributed by atoms with Crippen molar-refractivity contribution in [3.8, 4) is 0 Å². The van der Waals surface area contributed by atoms with Gasteiger partial charge in [0.05, 0.1) is 0 Å². The molecule has 3 heteroatoms. The third kappa shape index (κ3) is 0.721. The number of hydrogen-bond donors (Lipinski definition) is 1. The van der Waals surface area contributed by atoms with Gasteiger partial charge in [0.1, 0.15) is 0 Å². The van der Waals surface area contributed by atoms with Gasteiger partial charge < -0.3 is 10.2 Å². The van der Waals surface area contributed by atoms with Crippen LogP contribution in [0.4, 0.5) is 0 Å². The molecule has 1 atom stereocenters. The Balaban J connectivity index is 2.21. The molecule has 1 N–H and O–H groups in total. The average molecular weight is 140 g/mol. The molecule has 0 saturated carbocycles. The molecule has 1 unspecified atom stereocenters. The number of nitrogens with one attached hydrogen (secondary N) is 1. The van der Waals surface area contributed by atoms with Crippen LogP contribution in [0.2, 0.25) is 0 Å². The molecule has 0 aliphatic carbocycles. The van der Waals surface area contributed by atoms with Crippen LogP contribution in [-0.4, -0.2) is 10.4 Å². The Labute approximate surface area is 58.6 Å². The van der Waals surface area contributed by atoms with Crippen molar-refractivity contribution < 1.29 is 0 Å². The van der Waals surface area contributed by atoms with Crippen molar-refractivity contribution in [1.29, 1.82) is 0 Å². The normalized spacial score (nSPS) is 30.1. The van der Waals surface area contributed by atoms with Gasteiger partial charge in [0, 0.05) is 18.1 Å². The molecule has 0 bridgehead atoms. The topological polar surface area (TPSA) is 15.3 Å². The maximum atomic E-state index is 3.30. The maximum absolute atomic E-state index is 3.30. The van der Waals surface area contributed by atoms with E-state index >= 15 is 0 Å². The molecule has 0 radical (unpaired) electrons. The quantitative estimate of drug-likeness (QED) is 0.545. The van der Waals surface area contributed by atoms with Crippen LogP contribution in [0, 0.1) is 0 Å². The second-order valence-corrected chi connectivity index (χ2v) is 3.17. The summed E-state index contributed by atoms with van der Waals surface area (Å²) in [4.78, 5) is 2.17. The first-order valence-electron chi connectivity index (χ1n) is 2.91. The highest BCUT2D eigenvalue weighted by atomic mass is 32.2. The molecule has 2 aliphatic rings. The van der Waals surface area contributed by atoms with Crippen LogP contribution in [0.1, 0.15) is 6.92 Å². The first-order chi connectivity index (χ1) is 4.36. The molecule has 0 saturated heterocycles. The number of fused-ring (bicyclic) bond motifs is 1. The van der Waals surface area contributed by atoms with Gasteiger partial charge in [-0.05, 0) is 12.3 Å². The number of nitrogens with zero attached hydrogens (tertiary/aromatic N) is 1. The van der Waals surface area contributed by atoms with Crippen molar-refractivity contribution in [2.24, 2.45) is 0 Å². The van der Waals surface area contributed by atoms with Crippen molar-refractivity contribution in [2.45, 2.75) is 12.4 Å². The zero-order valence-corrected chi connectivity index (χ0v) is 5.98. The molecule has 9 heavy (non-hydrogen) atoms. The third-order valence-electron chi connectivity index (χ3n) is 1.41. The van der Waals surface area contributed by atoms with Gasteiger partial charge in [0.15, 0.2) is 5.50 Å². The Kier molecular flexibility index (Phi) is 0.990. The van der Waals surface area contributed by atoms with Crippen LogP contribution in [0.15, 0.2) is 23.5 Å². The highest BCUT2D eigenvalue weighted by molar-refractivity contribution is 8.02. The van der Waals surface area contributed by atoms with Crippen LogP contribution < -0.4 is 5.32 Å². The number of thioether (sulfide) groups is 1. The van der Waals surface area contributed by atoms with E-state index in [0.717, 1.165) is 0 Å². The van der Waals surface area contributed by atoms with Gasteiger partial charge in [-0.25, -0.2) is 0 Å². The SMILES string of the molecule is CC1=CN2C=CSC2N1. The molecular formula is C6H8N2S. The first kappa shape index (κ1) is 5.23. The summed E-state index contributed by atoms with van der Waals surface area (Å²) in [6.07, 6.45) is 4.19. The fourth-order valence-corrected chi connectivity index (χ4v) is 1.89. The molecule has 0 amide bonds. The molecule has 2 aliphatic heterocycles. The lowest BCUT2D eigenvalue weighted by Gasteiger charge is -2.12. The van der Waals surface area contributed by atoms with E-state index in [0.29, 0.717) is 5.50 Å². The predicted octanol–water partition coefficient (Wildman–Crippen LogP) is 1.25. The molecule has 2 rings (SSSR count). The van der Waals surface area contributed by atoms with Gasteiger partial charge in [0.25, 0.3) is 0 Å². The van der Waals surface area contributed by atoms with E-state index in [1.807, 2.05) is 0 Å². The van der Waals surface area contributed by atoms with E-state index in [9.17, 15) is 0 Å². The average Bonchev–Trinajstić information content (AvgIpc) is 2.22. The van der Waals surface area contributed by atoms with E-state index in [2.05, 4.69) is 34.9 Å². The minimum Gasteiger partial charge on any atom is -0.359 e. The van der Waals surface area contributed by atoms with Crippen LogP contribution in [0.25, 0.3) is 0 Å². The van der Waals surface area contributed by atoms with Crippen molar-refractivity contribution in [3.63, 3.8) is 0 Å². The van der Waals surface area contributed by atoms with E-state index in [1.165, 1.54) is 5.70 Å². The summed E-state index contributed by atoms with van der Waals surface area (Å²) in [7, 11) is 0. The van der Waals surface area contributed by atoms with Gasteiger partial charge in [-0.3, -0.25) is 0 Å². The second kappa shape index (κ2) is 1.70. The molecule has 0 aromatic heterocycles. The lowest BCUT2D eigenvalue weighted by Crippen LogP contribution is -2.25. The van der Waals surface area contributed by atoms with Crippen molar-refractivity contribution in [3.05, 3.63) is 23.5 Å². The third-order valence-corrected chi connectivity index (χ3v) is 2.30. The molecule has 2 heterocycles. The summed E-state index contributed by atoms with van der Waals surface area (Å²) >= 11 is 1.80. The number of allylic oxidation sites excluding steroid dienone is 1. The Morgan fingerprint density at radius 1 is 1.78 bits per heavy atom. The monoisotopic (exact) mass is 140 g/mol. The van der Waals surface area contributed by atoms with Crippen LogP contribution in [-0.2, 0) is 0 Å². The zero-order chi connectivity index (χ0) is 6.27. The summed E-state index contributed by atoms with van der Waals surface area (Å²) in [6, 6.07) is 0. The summed E-state index contributed by atoms with van der Waals surface area (Å²) in [5.74, 6) is 0. The zero-order valence-electron chi connectivity index (χ0n) is 5.16. The largest absolute Gasteiger partial charge is 0.359 e. The molecule has 0 aromatic rings. The van der Waals surface area contributed by atoms with E-state index in [-0.39, 0.29) is 0 Å². The Morgan fingerprint density at radius 2 is 2.67 bits per heavy atom. The minimum absolute atomic E-state index is 0.449. The standard InChI is InChI=1S/C6H8N2S/c1-5-4-8-2-3-9-6(8)7-5/h2-4,6-7H,1H3. The number of hydrogen-bond acceptors (Lipinski definition) is 3. The Morgan fingerprint density at radius 3 is 3.44 bits per heavy atom. The molecule has 0 spiro atoms. The van der Waals surface area contributed by atoms with Gasteiger partial charge in [-0.2, -0.15) is 0 Å². The van der Waals surface area contributed by atoms with E-state index in [4.69, 9.17) is 0 Å². The first-order valence-corrected chi connectivity index (χ1v) is 3.85. The lowest BCUT2D eigenvalue weighted by molar-refractivity contribution is 0.491. The van der Waals surface area contributed by atoms with Gasteiger partial charge in [-0.1, -0.05) is 11.8 Å². The smallest absolute Gasteiger partial charge is 0.155 e. The minimum atomic E-state index is 0.449. The number of rotatable bonds is 0. The summed E-state index contributed by atoms with van der Waals surface area (Å²) < 4.78 is 0. The molecule has 0 fully saturated rings. The van der Waals surface area contributed by atoms with Crippen LogP contribution in [0.3, 0.4) is 0 Å². The molecule has 0 aromatic carbocycles. The maximum Gasteiger partial charge on any atom is 0.155 e. The Bertz CT molecular complexity index is 185. The van der Waals surface area contributed by atoms with Crippen molar-refractivity contribution in [1.82, 2.24) is 10.2 Å². The Hall–Kier alpha value is -0.570. The lowest BCUT2D eigenvalue weighted by atomic mass is 10.6. The molecular weight excluding hydrogens is 132 g/mol. The summed E-state index contributed by atoms with van der Waals surface area (Å²) in [6.45, 7) is 2.08. The highest BCUT2D eigenvalue weighted by Gasteiger charge is 2.22. The van der Waals surface area contributed by atoms with E-state index in [1.54, 1.807) is 11.8 Å². The highest BCUT2D eigenvalue weighted by Crippen LogP contribution is 2.27. The van der Waals surface area contributed by atoms with Crippen LogP contribution in [0.5, 0.6) is 0 Å². The van der Waals surface area contributed by atoms with Crippen LogP contribution >= 0.6 is 11.8 Å². The fraction of sp³-hybridized carbons (Fsp3) is 0.333. The summed E-state index contributed by atoms with van der Waals surface area (Å²) in [5.41, 5.74) is 1.70.